The summed E-state index contributed by atoms with van der Waals surface area (Å²) >= 11 is 0. The second-order valence-corrected chi connectivity index (χ2v) is 5.87. The van der Waals surface area contributed by atoms with Gasteiger partial charge in [0, 0.05) is 12.6 Å². The Morgan fingerprint density at radius 3 is 2.57 bits per heavy atom. The number of para-hydroxylation sites is 1. The maximum atomic E-state index is 12.4. The molecule has 0 amide bonds. The fourth-order valence-corrected chi connectivity index (χ4v) is 3.04. The van der Waals surface area contributed by atoms with Gasteiger partial charge in [-0.3, -0.25) is 4.72 Å². The molecule has 0 unspecified atom stereocenters. The van der Waals surface area contributed by atoms with Gasteiger partial charge in [0.15, 0.2) is 0 Å². The summed E-state index contributed by atoms with van der Waals surface area (Å²) in [5.74, 6) is 0.422. The van der Waals surface area contributed by atoms with Crippen LogP contribution in [0.5, 0.6) is 5.88 Å². The minimum absolute atomic E-state index is 0.197. The number of sulfonamides is 1. The molecule has 0 aliphatic heterocycles. The van der Waals surface area contributed by atoms with Crippen molar-refractivity contribution in [2.24, 2.45) is 0 Å². The second kappa shape index (κ2) is 6.45. The lowest BCUT2D eigenvalue weighted by Gasteiger charge is -2.12. The van der Waals surface area contributed by atoms with Crippen LogP contribution in [0.3, 0.4) is 0 Å². The fourth-order valence-electron chi connectivity index (χ4n) is 1.81. The van der Waals surface area contributed by atoms with Gasteiger partial charge in [-0.25, -0.2) is 13.4 Å². The first-order valence-corrected chi connectivity index (χ1v) is 7.91. The van der Waals surface area contributed by atoms with E-state index in [1.165, 1.54) is 13.3 Å². The van der Waals surface area contributed by atoms with E-state index in [2.05, 4.69) is 15.0 Å². The lowest BCUT2D eigenvalue weighted by Crippen LogP contribution is -2.15. The van der Waals surface area contributed by atoms with Crippen molar-refractivity contribution in [3.8, 4) is 5.88 Å². The van der Waals surface area contributed by atoms with E-state index in [4.69, 9.17) is 4.74 Å². The Labute approximate surface area is 124 Å². The molecule has 7 heteroatoms. The summed E-state index contributed by atoms with van der Waals surface area (Å²) in [6.45, 7) is 2.54. The zero-order valence-electron chi connectivity index (χ0n) is 11.8. The van der Waals surface area contributed by atoms with Crippen LogP contribution in [-0.4, -0.2) is 27.1 Å². The number of pyridine rings is 1. The molecule has 2 N–H and O–H groups in total. The van der Waals surface area contributed by atoms with Crippen molar-refractivity contribution in [3.63, 3.8) is 0 Å². The van der Waals surface area contributed by atoms with Gasteiger partial charge >= 0.3 is 0 Å². The maximum absolute atomic E-state index is 12.4. The van der Waals surface area contributed by atoms with Gasteiger partial charge in [0.2, 0.25) is 5.88 Å². The minimum Gasteiger partial charge on any atom is -0.481 e. The molecule has 2 rings (SSSR count). The predicted molar refractivity (Wildman–Crippen MR) is 82.2 cm³/mol. The average molecular weight is 307 g/mol. The van der Waals surface area contributed by atoms with Crippen molar-refractivity contribution < 1.29 is 13.2 Å². The molecule has 0 bridgehead atoms. The molecule has 1 aromatic heterocycles. The molecule has 112 valence electrons. The molecule has 0 spiro atoms. The molecule has 0 saturated heterocycles. The molecule has 0 aliphatic carbocycles. The van der Waals surface area contributed by atoms with E-state index in [1.54, 1.807) is 36.4 Å². The van der Waals surface area contributed by atoms with E-state index in [9.17, 15) is 8.42 Å². The zero-order chi connectivity index (χ0) is 15.3. The van der Waals surface area contributed by atoms with Crippen molar-refractivity contribution in [3.05, 3.63) is 42.6 Å². The molecule has 21 heavy (non-hydrogen) atoms. The van der Waals surface area contributed by atoms with Crippen LogP contribution in [-0.2, 0) is 10.0 Å². The Morgan fingerprint density at radius 1 is 1.19 bits per heavy atom. The SMILES string of the molecule is CCNc1ccccc1S(=O)(=O)Nc1ccc(OC)nc1. The van der Waals surface area contributed by atoms with Crippen LogP contribution in [0.15, 0.2) is 47.5 Å². The predicted octanol–water partition coefficient (Wildman–Crippen LogP) is 2.32. The zero-order valence-corrected chi connectivity index (χ0v) is 12.6. The third kappa shape index (κ3) is 3.63. The summed E-state index contributed by atoms with van der Waals surface area (Å²) in [6, 6.07) is 9.93. The largest absolute Gasteiger partial charge is 0.481 e. The molecule has 0 saturated carbocycles. The fraction of sp³-hybridized carbons (Fsp3) is 0.214. The number of aromatic nitrogens is 1. The molecule has 0 fully saturated rings. The van der Waals surface area contributed by atoms with Gasteiger partial charge < -0.3 is 10.1 Å². The molecule has 0 aliphatic rings. The third-order valence-electron chi connectivity index (χ3n) is 2.74. The van der Waals surface area contributed by atoms with Gasteiger partial charge in [0.25, 0.3) is 10.0 Å². The van der Waals surface area contributed by atoms with Crippen LogP contribution in [0, 0.1) is 0 Å². The summed E-state index contributed by atoms with van der Waals surface area (Å²) in [6.07, 6.45) is 1.41. The highest BCUT2D eigenvalue weighted by molar-refractivity contribution is 7.92. The first-order chi connectivity index (χ1) is 10.1. The molecule has 2 aromatic rings. The average Bonchev–Trinajstić information content (AvgIpc) is 2.48. The van der Waals surface area contributed by atoms with E-state index < -0.39 is 10.0 Å². The first kappa shape index (κ1) is 15.1. The molecule has 0 radical (unpaired) electrons. The van der Waals surface area contributed by atoms with Gasteiger partial charge in [-0.05, 0) is 25.1 Å². The summed E-state index contributed by atoms with van der Waals surface area (Å²) in [5, 5.41) is 3.03. The second-order valence-electron chi connectivity index (χ2n) is 4.22. The number of nitrogens with one attached hydrogen (secondary N) is 2. The molecule has 6 nitrogen and oxygen atoms in total. The maximum Gasteiger partial charge on any atom is 0.264 e. The standard InChI is InChI=1S/C14H17N3O3S/c1-3-15-12-6-4-5-7-13(12)21(18,19)17-11-8-9-14(20-2)16-10-11/h4-10,15,17H,3H2,1-2H3. The van der Waals surface area contributed by atoms with Gasteiger partial charge in [0.1, 0.15) is 4.90 Å². The van der Waals surface area contributed by atoms with E-state index in [-0.39, 0.29) is 4.90 Å². The molecule has 1 heterocycles. The van der Waals surface area contributed by atoms with Crippen LogP contribution in [0.4, 0.5) is 11.4 Å². The smallest absolute Gasteiger partial charge is 0.264 e. The van der Waals surface area contributed by atoms with Gasteiger partial charge in [-0.15, -0.1) is 0 Å². The van der Waals surface area contributed by atoms with Crippen molar-refractivity contribution in [2.75, 3.05) is 23.7 Å². The van der Waals surface area contributed by atoms with E-state index in [0.29, 0.717) is 23.8 Å². The Bertz CT molecular complexity index is 700. The van der Waals surface area contributed by atoms with Crippen LogP contribution >= 0.6 is 0 Å². The molecular formula is C14H17N3O3S. The summed E-state index contributed by atoms with van der Waals surface area (Å²) in [4.78, 5) is 4.17. The quantitative estimate of drug-likeness (QED) is 0.856. The minimum atomic E-state index is -3.68. The lowest BCUT2D eigenvalue weighted by molar-refractivity contribution is 0.398. The highest BCUT2D eigenvalue weighted by atomic mass is 32.2. The van der Waals surface area contributed by atoms with Crippen LogP contribution in [0.2, 0.25) is 0 Å². The highest BCUT2D eigenvalue weighted by Gasteiger charge is 2.18. The van der Waals surface area contributed by atoms with Crippen molar-refractivity contribution >= 4 is 21.4 Å². The van der Waals surface area contributed by atoms with Crippen LogP contribution in [0.25, 0.3) is 0 Å². The van der Waals surface area contributed by atoms with E-state index in [0.717, 1.165) is 0 Å². The Kier molecular flexibility index (Phi) is 4.64. The number of nitrogens with zero attached hydrogens (tertiary/aromatic N) is 1. The lowest BCUT2D eigenvalue weighted by atomic mass is 10.3. The van der Waals surface area contributed by atoms with Crippen molar-refractivity contribution in [1.29, 1.82) is 0 Å². The Balaban J connectivity index is 2.29. The number of benzene rings is 1. The number of methoxy groups -OCH3 is 1. The third-order valence-corrected chi connectivity index (χ3v) is 4.18. The number of ether oxygens (including phenoxy) is 1. The Morgan fingerprint density at radius 2 is 1.95 bits per heavy atom. The van der Waals surface area contributed by atoms with Crippen LogP contribution < -0.4 is 14.8 Å². The van der Waals surface area contributed by atoms with Crippen molar-refractivity contribution in [1.82, 2.24) is 4.98 Å². The number of rotatable bonds is 6. The summed E-state index contributed by atoms with van der Waals surface area (Å²) < 4.78 is 32.3. The normalized spacial score (nSPS) is 11.0. The summed E-state index contributed by atoms with van der Waals surface area (Å²) in [5.41, 5.74) is 0.941. The summed E-state index contributed by atoms with van der Waals surface area (Å²) in [7, 11) is -2.18. The number of hydrogen-bond donors (Lipinski definition) is 2. The molecular weight excluding hydrogens is 290 g/mol. The number of hydrogen-bond acceptors (Lipinski definition) is 5. The number of anilines is 2. The first-order valence-electron chi connectivity index (χ1n) is 6.42. The highest BCUT2D eigenvalue weighted by Crippen LogP contribution is 2.23. The van der Waals surface area contributed by atoms with Gasteiger partial charge in [-0.1, -0.05) is 12.1 Å². The monoisotopic (exact) mass is 307 g/mol. The van der Waals surface area contributed by atoms with Crippen LogP contribution in [0.1, 0.15) is 6.92 Å². The van der Waals surface area contributed by atoms with Gasteiger partial charge in [-0.2, -0.15) is 0 Å². The molecule has 1 aromatic carbocycles. The topological polar surface area (TPSA) is 80.3 Å². The van der Waals surface area contributed by atoms with Crippen molar-refractivity contribution in [2.45, 2.75) is 11.8 Å². The Hall–Kier alpha value is -2.28. The van der Waals surface area contributed by atoms with E-state index in [1.807, 2.05) is 6.92 Å². The van der Waals surface area contributed by atoms with Gasteiger partial charge in [0.05, 0.1) is 24.7 Å². The van der Waals surface area contributed by atoms with E-state index >= 15 is 0 Å². The molecule has 0 atom stereocenters.